The normalized spacial score (nSPS) is 18.1. The lowest BCUT2D eigenvalue weighted by Gasteiger charge is -2.26. The molecule has 0 saturated carbocycles. The summed E-state index contributed by atoms with van der Waals surface area (Å²) in [5, 5.41) is 10.1. The summed E-state index contributed by atoms with van der Waals surface area (Å²) in [6.07, 6.45) is -0.283. The number of fused-ring (bicyclic) bond motifs is 1. The van der Waals surface area contributed by atoms with E-state index in [1.165, 1.54) is 0 Å². The van der Waals surface area contributed by atoms with Crippen molar-refractivity contribution in [3.8, 4) is 11.5 Å². The maximum absolute atomic E-state index is 10.1. The van der Waals surface area contributed by atoms with Gasteiger partial charge in [0.05, 0.1) is 19.2 Å². The molecule has 0 aliphatic carbocycles. The SMILES string of the molecule is O=C([O-])COC[C@H]1COc2ccccc2O1. The first-order chi connectivity index (χ1) is 7.75. The number of benzene rings is 1. The van der Waals surface area contributed by atoms with Gasteiger partial charge in [-0.2, -0.15) is 0 Å². The molecule has 0 amide bonds. The lowest BCUT2D eigenvalue weighted by molar-refractivity contribution is -0.309. The molecule has 86 valence electrons. The van der Waals surface area contributed by atoms with Crippen molar-refractivity contribution < 1.29 is 24.1 Å². The lowest BCUT2D eigenvalue weighted by atomic mass is 10.3. The predicted octanol–water partition coefficient (Wildman–Crippen LogP) is -0.407. The number of carbonyl (C=O) groups is 1. The molecule has 1 heterocycles. The van der Waals surface area contributed by atoms with Gasteiger partial charge in [0.25, 0.3) is 0 Å². The standard InChI is InChI=1S/C11H12O5/c12-11(13)7-14-5-8-6-15-9-3-1-2-4-10(9)16-8/h1-4,8H,5-7H2,(H,12,13)/p-1/t8-/m0/s1. The average molecular weight is 223 g/mol. The fourth-order valence-corrected chi connectivity index (χ4v) is 1.42. The molecule has 16 heavy (non-hydrogen) atoms. The second-order valence-electron chi connectivity index (χ2n) is 3.38. The summed E-state index contributed by atoms with van der Waals surface area (Å²) in [6.45, 7) is 0.0912. The Labute approximate surface area is 92.5 Å². The largest absolute Gasteiger partial charge is 0.548 e. The maximum Gasteiger partial charge on any atom is 0.161 e. The van der Waals surface area contributed by atoms with Gasteiger partial charge in [-0.05, 0) is 12.1 Å². The second kappa shape index (κ2) is 4.85. The van der Waals surface area contributed by atoms with Crippen molar-refractivity contribution >= 4 is 5.97 Å². The molecule has 0 radical (unpaired) electrons. The van der Waals surface area contributed by atoms with E-state index in [9.17, 15) is 9.90 Å². The molecule has 0 saturated heterocycles. The van der Waals surface area contributed by atoms with E-state index in [4.69, 9.17) is 14.2 Å². The van der Waals surface area contributed by atoms with Crippen molar-refractivity contribution in [1.29, 1.82) is 0 Å². The van der Waals surface area contributed by atoms with E-state index in [0.717, 1.165) is 0 Å². The van der Waals surface area contributed by atoms with Crippen LogP contribution in [0.1, 0.15) is 0 Å². The highest BCUT2D eigenvalue weighted by atomic mass is 16.6. The number of aliphatic carboxylic acids is 1. The predicted molar refractivity (Wildman–Crippen MR) is 52.2 cm³/mol. The monoisotopic (exact) mass is 223 g/mol. The van der Waals surface area contributed by atoms with Crippen molar-refractivity contribution in [2.24, 2.45) is 0 Å². The Bertz CT molecular complexity index is 376. The summed E-state index contributed by atoms with van der Waals surface area (Å²) in [7, 11) is 0. The zero-order valence-corrected chi connectivity index (χ0v) is 8.55. The van der Waals surface area contributed by atoms with Gasteiger partial charge in [-0.15, -0.1) is 0 Å². The van der Waals surface area contributed by atoms with Gasteiger partial charge >= 0.3 is 0 Å². The van der Waals surface area contributed by atoms with Crippen LogP contribution in [0.15, 0.2) is 24.3 Å². The van der Waals surface area contributed by atoms with E-state index in [1.54, 1.807) is 6.07 Å². The van der Waals surface area contributed by atoms with Gasteiger partial charge in [0.2, 0.25) is 0 Å². The van der Waals surface area contributed by atoms with Crippen molar-refractivity contribution in [3.63, 3.8) is 0 Å². The first-order valence-electron chi connectivity index (χ1n) is 4.92. The molecule has 0 unspecified atom stereocenters. The lowest BCUT2D eigenvalue weighted by Crippen LogP contribution is -2.35. The molecule has 0 fully saturated rings. The third-order valence-corrected chi connectivity index (χ3v) is 2.09. The van der Waals surface area contributed by atoms with Crippen LogP contribution in [-0.4, -0.2) is 31.9 Å². The summed E-state index contributed by atoms with van der Waals surface area (Å²) in [6, 6.07) is 7.30. The Kier molecular flexibility index (Phi) is 3.26. The molecule has 0 spiro atoms. The summed E-state index contributed by atoms with van der Waals surface area (Å²) < 4.78 is 15.9. The molecule has 2 rings (SSSR count). The molecular weight excluding hydrogens is 212 g/mol. The molecule has 0 aromatic heterocycles. The number of hydrogen-bond acceptors (Lipinski definition) is 5. The Morgan fingerprint density at radius 2 is 2.19 bits per heavy atom. The smallest absolute Gasteiger partial charge is 0.161 e. The van der Waals surface area contributed by atoms with E-state index >= 15 is 0 Å². The fraction of sp³-hybridized carbons (Fsp3) is 0.364. The second-order valence-corrected chi connectivity index (χ2v) is 3.38. The van der Waals surface area contributed by atoms with Crippen LogP contribution < -0.4 is 14.6 Å². The molecule has 0 N–H and O–H groups in total. The third-order valence-electron chi connectivity index (χ3n) is 2.09. The Balaban J connectivity index is 1.86. The summed E-state index contributed by atoms with van der Waals surface area (Å²) in [5.74, 6) is 0.103. The van der Waals surface area contributed by atoms with Gasteiger partial charge in [-0.3, -0.25) is 0 Å². The van der Waals surface area contributed by atoms with E-state index in [0.29, 0.717) is 18.1 Å². The zero-order chi connectivity index (χ0) is 11.4. The highest BCUT2D eigenvalue weighted by Crippen LogP contribution is 2.30. The van der Waals surface area contributed by atoms with Gasteiger partial charge < -0.3 is 24.1 Å². The Morgan fingerprint density at radius 3 is 2.94 bits per heavy atom. The van der Waals surface area contributed by atoms with Gasteiger partial charge in [-0.1, -0.05) is 12.1 Å². The van der Waals surface area contributed by atoms with Crippen molar-refractivity contribution in [2.45, 2.75) is 6.10 Å². The van der Waals surface area contributed by atoms with Crippen molar-refractivity contribution in [2.75, 3.05) is 19.8 Å². The van der Waals surface area contributed by atoms with Gasteiger partial charge in [0.1, 0.15) is 6.61 Å². The summed E-state index contributed by atoms with van der Waals surface area (Å²) in [4.78, 5) is 10.1. The summed E-state index contributed by atoms with van der Waals surface area (Å²) >= 11 is 0. The van der Waals surface area contributed by atoms with Crippen LogP contribution in [0.25, 0.3) is 0 Å². The minimum absolute atomic E-state index is 0.169. The molecule has 0 bridgehead atoms. The van der Waals surface area contributed by atoms with Crippen LogP contribution in [0.3, 0.4) is 0 Å². The minimum Gasteiger partial charge on any atom is -0.548 e. The number of ether oxygens (including phenoxy) is 3. The first kappa shape index (κ1) is 10.8. The topological polar surface area (TPSA) is 67.8 Å². The van der Waals surface area contributed by atoms with Crippen LogP contribution in [0, 0.1) is 0 Å². The maximum atomic E-state index is 10.1. The molecule has 5 nitrogen and oxygen atoms in total. The molecule has 5 heteroatoms. The Hall–Kier alpha value is -1.75. The number of carbonyl (C=O) groups excluding carboxylic acids is 1. The molecule has 1 aromatic rings. The quantitative estimate of drug-likeness (QED) is 0.694. The zero-order valence-electron chi connectivity index (χ0n) is 8.55. The van der Waals surface area contributed by atoms with Gasteiger partial charge in [0, 0.05) is 0 Å². The highest BCUT2D eigenvalue weighted by molar-refractivity contribution is 5.65. The number of rotatable bonds is 4. The van der Waals surface area contributed by atoms with Crippen LogP contribution in [0.4, 0.5) is 0 Å². The Morgan fingerprint density at radius 1 is 1.44 bits per heavy atom. The number of para-hydroxylation sites is 2. The van der Waals surface area contributed by atoms with Crippen LogP contribution in [0.2, 0.25) is 0 Å². The van der Waals surface area contributed by atoms with E-state index < -0.39 is 12.6 Å². The average Bonchev–Trinajstić information content (AvgIpc) is 2.28. The number of carboxylic acid groups (broad SMARTS) is 1. The van der Waals surface area contributed by atoms with E-state index in [1.807, 2.05) is 18.2 Å². The molecule has 1 aliphatic heterocycles. The third kappa shape index (κ3) is 2.64. The van der Waals surface area contributed by atoms with Crippen LogP contribution >= 0.6 is 0 Å². The van der Waals surface area contributed by atoms with Gasteiger partial charge in [0.15, 0.2) is 17.6 Å². The van der Waals surface area contributed by atoms with Crippen LogP contribution in [-0.2, 0) is 9.53 Å². The fourth-order valence-electron chi connectivity index (χ4n) is 1.42. The van der Waals surface area contributed by atoms with E-state index in [-0.39, 0.29) is 12.7 Å². The van der Waals surface area contributed by atoms with Crippen molar-refractivity contribution in [1.82, 2.24) is 0 Å². The molecular formula is C11H11O5-. The molecule has 1 aliphatic rings. The van der Waals surface area contributed by atoms with Crippen LogP contribution in [0.5, 0.6) is 11.5 Å². The van der Waals surface area contributed by atoms with Gasteiger partial charge in [-0.25, -0.2) is 0 Å². The minimum atomic E-state index is -1.24. The highest BCUT2D eigenvalue weighted by Gasteiger charge is 2.20. The van der Waals surface area contributed by atoms with E-state index in [2.05, 4.69) is 0 Å². The molecule has 1 atom stereocenters. The number of hydrogen-bond donors (Lipinski definition) is 0. The first-order valence-corrected chi connectivity index (χ1v) is 4.92. The van der Waals surface area contributed by atoms with Crippen molar-refractivity contribution in [3.05, 3.63) is 24.3 Å². The molecule has 1 aromatic carbocycles. The summed E-state index contributed by atoms with van der Waals surface area (Å²) in [5.41, 5.74) is 0. The number of carboxylic acids is 1.